The third-order valence-corrected chi connectivity index (χ3v) is 3.36. The molecule has 1 unspecified atom stereocenters. The standard InChI is InChI=1S/C13H27N3O/c1-13(2,3)11(14)12(17)15-7-6-10-16-8-4-5-9-16/h11H,4-10,14H2,1-3H3,(H,15,17). The Labute approximate surface area is 105 Å². The summed E-state index contributed by atoms with van der Waals surface area (Å²) in [6, 6.07) is -0.422. The number of rotatable bonds is 5. The van der Waals surface area contributed by atoms with Crippen LogP contribution in [0.4, 0.5) is 0 Å². The molecule has 0 spiro atoms. The van der Waals surface area contributed by atoms with E-state index in [0.29, 0.717) is 0 Å². The first-order valence-corrected chi connectivity index (χ1v) is 6.67. The minimum absolute atomic E-state index is 0.0288. The van der Waals surface area contributed by atoms with Gasteiger partial charge in [-0.1, -0.05) is 20.8 Å². The van der Waals surface area contributed by atoms with Crippen molar-refractivity contribution in [2.45, 2.75) is 46.1 Å². The summed E-state index contributed by atoms with van der Waals surface area (Å²) in [6.45, 7) is 10.2. The van der Waals surface area contributed by atoms with Gasteiger partial charge in [-0.05, 0) is 44.3 Å². The highest BCUT2D eigenvalue weighted by molar-refractivity contribution is 5.82. The van der Waals surface area contributed by atoms with Crippen LogP contribution in [-0.4, -0.2) is 43.0 Å². The first-order valence-electron chi connectivity index (χ1n) is 6.67. The summed E-state index contributed by atoms with van der Waals surface area (Å²) in [7, 11) is 0. The van der Waals surface area contributed by atoms with Crippen LogP contribution in [0.1, 0.15) is 40.0 Å². The number of carbonyl (C=O) groups excluding carboxylic acids is 1. The predicted molar refractivity (Wildman–Crippen MR) is 70.7 cm³/mol. The Kier molecular flexibility index (Phi) is 5.40. The zero-order chi connectivity index (χ0) is 12.9. The lowest BCUT2D eigenvalue weighted by atomic mass is 9.87. The van der Waals surface area contributed by atoms with Gasteiger partial charge in [0.15, 0.2) is 0 Å². The Bertz CT molecular complexity index is 242. The van der Waals surface area contributed by atoms with Crippen molar-refractivity contribution in [1.82, 2.24) is 10.2 Å². The molecule has 1 atom stereocenters. The van der Waals surface area contributed by atoms with Crippen molar-refractivity contribution in [3.63, 3.8) is 0 Å². The first-order chi connectivity index (χ1) is 7.91. The van der Waals surface area contributed by atoms with Gasteiger partial charge < -0.3 is 16.0 Å². The molecular formula is C13H27N3O. The molecule has 0 aromatic rings. The number of amides is 1. The van der Waals surface area contributed by atoms with E-state index < -0.39 is 6.04 Å². The number of nitrogens with zero attached hydrogens (tertiary/aromatic N) is 1. The van der Waals surface area contributed by atoms with E-state index in [0.717, 1.165) is 19.5 Å². The van der Waals surface area contributed by atoms with Crippen LogP contribution in [0.3, 0.4) is 0 Å². The molecule has 4 heteroatoms. The van der Waals surface area contributed by atoms with Crippen LogP contribution >= 0.6 is 0 Å². The van der Waals surface area contributed by atoms with Crippen molar-refractivity contribution in [1.29, 1.82) is 0 Å². The van der Waals surface area contributed by atoms with E-state index in [9.17, 15) is 4.79 Å². The summed E-state index contributed by atoms with van der Waals surface area (Å²) in [4.78, 5) is 14.2. The Morgan fingerprint density at radius 3 is 2.47 bits per heavy atom. The Morgan fingerprint density at radius 1 is 1.35 bits per heavy atom. The predicted octanol–water partition coefficient (Wildman–Crippen LogP) is 0.962. The Balaban J connectivity index is 2.11. The number of nitrogens with one attached hydrogen (secondary N) is 1. The summed E-state index contributed by atoms with van der Waals surface area (Å²) in [5.74, 6) is -0.0288. The van der Waals surface area contributed by atoms with Gasteiger partial charge in [-0.2, -0.15) is 0 Å². The molecule has 1 rings (SSSR count). The van der Waals surface area contributed by atoms with Crippen molar-refractivity contribution in [2.75, 3.05) is 26.2 Å². The second-order valence-corrected chi connectivity index (χ2v) is 6.04. The van der Waals surface area contributed by atoms with Crippen LogP contribution in [0.2, 0.25) is 0 Å². The molecule has 1 saturated heterocycles. The molecule has 0 bridgehead atoms. The number of nitrogens with two attached hydrogens (primary N) is 1. The Morgan fingerprint density at radius 2 is 1.94 bits per heavy atom. The molecule has 0 aromatic heterocycles. The molecular weight excluding hydrogens is 214 g/mol. The van der Waals surface area contributed by atoms with Gasteiger partial charge in [0, 0.05) is 6.54 Å². The second kappa shape index (κ2) is 6.36. The van der Waals surface area contributed by atoms with Gasteiger partial charge in [0.25, 0.3) is 0 Å². The summed E-state index contributed by atoms with van der Waals surface area (Å²) in [6.07, 6.45) is 3.66. The molecule has 100 valence electrons. The molecule has 17 heavy (non-hydrogen) atoms. The van der Waals surface area contributed by atoms with E-state index in [1.165, 1.54) is 25.9 Å². The third-order valence-electron chi connectivity index (χ3n) is 3.36. The third kappa shape index (κ3) is 5.04. The minimum Gasteiger partial charge on any atom is -0.355 e. The zero-order valence-electron chi connectivity index (χ0n) is 11.5. The smallest absolute Gasteiger partial charge is 0.237 e. The lowest BCUT2D eigenvalue weighted by molar-refractivity contribution is -0.124. The average Bonchev–Trinajstić information content (AvgIpc) is 2.74. The van der Waals surface area contributed by atoms with Gasteiger partial charge in [-0.25, -0.2) is 0 Å². The summed E-state index contributed by atoms with van der Waals surface area (Å²) < 4.78 is 0. The van der Waals surface area contributed by atoms with Crippen LogP contribution in [0.5, 0.6) is 0 Å². The van der Waals surface area contributed by atoms with Crippen molar-refractivity contribution < 1.29 is 4.79 Å². The fourth-order valence-corrected chi connectivity index (χ4v) is 2.02. The highest BCUT2D eigenvalue weighted by Crippen LogP contribution is 2.17. The highest BCUT2D eigenvalue weighted by atomic mass is 16.2. The minimum atomic E-state index is -0.422. The maximum atomic E-state index is 11.7. The number of hydrogen-bond donors (Lipinski definition) is 2. The van der Waals surface area contributed by atoms with Crippen molar-refractivity contribution in [3.05, 3.63) is 0 Å². The monoisotopic (exact) mass is 241 g/mol. The zero-order valence-corrected chi connectivity index (χ0v) is 11.5. The second-order valence-electron chi connectivity index (χ2n) is 6.04. The lowest BCUT2D eigenvalue weighted by Crippen LogP contribution is -2.49. The van der Waals surface area contributed by atoms with Gasteiger partial charge in [-0.15, -0.1) is 0 Å². The molecule has 0 radical (unpaired) electrons. The van der Waals surface area contributed by atoms with E-state index in [1.54, 1.807) is 0 Å². The van der Waals surface area contributed by atoms with E-state index in [4.69, 9.17) is 5.73 Å². The normalized spacial score (nSPS) is 19.3. The van der Waals surface area contributed by atoms with Crippen LogP contribution in [-0.2, 0) is 4.79 Å². The lowest BCUT2D eigenvalue weighted by Gasteiger charge is -2.26. The van der Waals surface area contributed by atoms with Crippen LogP contribution < -0.4 is 11.1 Å². The number of hydrogen-bond acceptors (Lipinski definition) is 3. The van der Waals surface area contributed by atoms with Crippen molar-refractivity contribution in [2.24, 2.45) is 11.1 Å². The number of carbonyl (C=O) groups is 1. The van der Waals surface area contributed by atoms with Gasteiger partial charge in [0.1, 0.15) is 0 Å². The van der Waals surface area contributed by atoms with Gasteiger partial charge in [0.2, 0.25) is 5.91 Å². The summed E-state index contributed by atoms with van der Waals surface area (Å²) >= 11 is 0. The van der Waals surface area contributed by atoms with Gasteiger partial charge >= 0.3 is 0 Å². The molecule has 1 heterocycles. The molecule has 0 aliphatic carbocycles. The molecule has 1 fully saturated rings. The van der Waals surface area contributed by atoms with E-state index >= 15 is 0 Å². The van der Waals surface area contributed by atoms with Gasteiger partial charge in [0.05, 0.1) is 6.04 Å². The van der Waals surface area contributed by atoms with E-state index in [1.807, 2.05) is 20.8 Å². The van der Waals surface area contributed by atoms with Gasteiger partial charge in [-0.3, -0.25) is 4.79 Å². The van der Waals surface area contributed by atoms with Crippen molar-refractivity contribution in [3.8, 4) is 0 Å². The topological polar surface area (TPSA) is 58.4 Å². The van der Waals surface area contributed by atoms with Crippen LogP contribution in [0, 0.1) is 5.41 Å². The molecule has 0 saturated carbocycles. The highest BCUT2D eigenvalue weighted by Gasteiger charge is 2.26. The fourth-order valence-electron chi connectivity index (χ4n) is 2.02. The van der Waals surface area contributed by atoms with Crippen molar-refractivity contribution >= 4 is 5.91 Å². The maximum absolute atomic E-state index is 11.7. The summed E-state index contributed by atoms with van der Waals surface area (Å²) in [5, 5.41) is 2.92. The maximum Gasteiger partial charge on any atom is 0.237 e. The quantitative estimate of drug-likeness (QED) is 0.705. The molecule has 3 N–H and O–H groups in total. The molecule has 1 aliphatic heterocycles. The SMILES string of the molecule is CC(C)(C)C(N)C(=O)NCCCN1CCCC1. The summed E-state index contributed by atoms with van der Waals surface area (Å²) in [5.41, 5.74) is 5.71. The molecule has 1 aliphatic rings. The molecule has 4 nitrogen and oxygen atoms in total. The van der Waals surface area contributed by atoms with Crippen LogP contribution in [0.15, 0.2) is 0 Å². The average molecular weight is 241 g/mol. The van der Waals surface area contributed by atoms with Crippen LogP contribution in [0.25, 0.3) is 0 Å². The Hall–Kier alpha value is -0.610. The largest absolute Gasteiger partial charge is 0.355 e. The molecule has 1 amide bonds. The van der Waals surface area contributed by atoms with E-state index in [-0.39, 0.29) is 11.3 Å². The number of likely N-dealkylation sites (tertiary alicyclic amines) is 1. The first kappa shape index (κ1) is 14.5. The fraction of sp³-hybridized carbons (Fsp3) is 0.923. The molecule has 0 aromatic carbocycles. The van der Waals surface area contributed by atoms with E-state index in [2.05, 4.69) is 10.2 Å².